The Kier molecular flexibility index (Phi) is 3.63. The minimum Gasteiger partial charge on any atom is -0.481 e. The SMILES string of the molecule is O=C(O)[C@@H]1C[C@H](NCc2cc(Br)co2)c2ccccc21. The zero-order valence-electron chi connectivity index (χ0n) is 10.7. The zero-order valence-corrected chi connectivity index (χ0v) is 12.3. The van der Waals surface area contributed by atoms with Gasteiger partial charge in [0.15, 0.2) is 0 Å². The van der Waals surface area contributed by atoms with Gasteiger partial charge in [0.05, 0.1) is 16.9 Å². The molecular weight excluding hydrogens is 322 g/mol. The van der Waals surface area contributed by atoms with Crippen molar-refractivity contribution in [2.24, 2.45) is 0 Å². The first-order chi connectivity index (χ1) is 9.65. The van der Waals surface area contributed by atoms with Crippen molar-refractivity contribution < 1.29 is 14.3 Å². The van der Waals surface area contributed by atoms with Gasteiger partial charge in [0.2, 0.25) is 0 Å². The fourth-order valence-corrected chi connectivity index (χ4v) is 3.08. The van der Waals surface area contributed by atoms with Crippen LogP contribution in [0.4, 0.5) is 0 Å². The van der Waals surface area contributed by atoms with Crippen LogP contribution in [0.25, 0.3) is 0 Å². The third-order valence-corrected chi connectivity index (χ3v) is 4.08. The molecule has 1 aliphatic rings. The number of aliphatic carboxylic acids is 1. The van der Waals surface area contributed by atoms with Gasteiger partial charge in [-0.2, -0.15) is 0 Å². The summed E-state index contributed by atoms with van der Waals surface area (Å²) >= 11 is 3.34. The Morgan fingerprint density at radius 3 is 2.80 bits per heavy atom. The highest BCUT2D eigenvalue weighted by molar-refractivity contribution is 9.10. The molecule has 1 aromatic carbocycles. The molecule has 0 saturated heterocycles. The van der Waals surface area contributed by atoms with Gasteiger partial charge in [0.25, 0.3) is 0 Å². The first-order valence-electron chi connectivity index (χ1n) is 6.43. The largest absolute Gasteiger partial charge is 0.481 e. The van der Waals surface area contributed by atoms with Crippen molar-refractivity contribution in [2.45, 2.75) is 24.9 Å². The van der Waals surface area contributed by atoms with Crippen molar-refractivity contribution in [3.8, 4) is 0 Å². The second-order valence-electron chi connectivity index (χ2n) is 4.92. The number of furan rings is 1. The highest BCUT2D eigenvalue weighted by Crippen LogP contribution is 2.40. The topological polar surface area (TPSA) is 62.5 Å². The monoisotopic (exact) mass is 335 g/mol. The normalized spacial score (nSPS) is 20.9. The second-order valence-corrected chi connectivity index (χ2v) is 5.84. The number of hydrogen-bond acceptors (Lipinski definition) is 3. The lowest BCUT2D eigenvalue weighted by Crippen LogP contribution is -2.19. The van der Waals surface area contributed by atoms with Gasteiger partial charge in [-0.1, -0.05) is 24.3 Å². The molecule has 20 heavy (non-hydrogen) atoms. The lowest BCUT2D eigenvalue weighted by Gasteiger charge is -2.12. The van der Waals surface area contributed by atoms with Crippen LogP contribution in [0, 0.1) is 0 Å². The molecular formula is C15H14BrNO3. The number of halogens is 1. The molecule has 0 bridgehead atoms. The van der Waals surface area contributed by atoms with Crippen LogP contribution in [0.1, 0.15) is 35.3 Å². The van der Waals surface area contributed by atoms with E-state index < -0.39 is 11.9 Å². The number of fused-ring (bicyclic) bond motifs is 1. The molecule has 1 aliphatic carbocycles. The van der Waals surface area contributed by atoms with E-state index in [0.717, 1.165) is 21.4 Å². The van der Waals surface area contributed by atoms with Gasteiger partial charge in [-0.3, -0.25) is 4.79 Å². The summed E-state index contributed by atoms with van der Waals surface area (Å²) in [6.45, 7) is 0.580. The van der Waals surface area contributed by atoms with E-state index >= 15 is 0 Å². The number of nitrogens with one attached hydrogen (secondary N) is 1. The fourth-order valence-electron chi connectivity index (χ4n) is 2.73. The van der Waals surface area contributed by atoms with Crippen LogP contribution in [0.2, 0.25) is 0 Å². The molecule has 0 fully saturated rings. The molecule has 0 unspecified atom stereocenters. The Hall–Kier alpha value is -1.59. The quantitative estimate of drug-likeness (QED) is 0.898. The van der Waals surface area contributed by atoms with Crippen molar-refractivity contribution in [2.75, 3.05) is 0 Å². The third-order valence-electron chi connectivity index (χ3n) is 3.66. The van der Waals surface area contributed by atoms with Gasteiger partial charge in [-0.05, 0) is 39.5 Å². The maximum Gasteiger partial charge on any atom is 0.311 e. The van der Waals surface area contributed by atoms with Crippen LogP contribution >= 0.6 is 15.9 Å². The van der Waals surface area contributed by atoms with Crippen molar-refractivity contribution >= 4 is 21.9 Å². The molecule has 1 aromatic heterocycles. The molecule has 2 atom stereocenters. The van der Waals surface area contributed by atoms with Crippen molar-refractivity contribution in [3.05, 3.63) is 58.0 Å². The van der Waals surface area contributed by atoms with E-state index in [9.17, 15) is 9.90 Å². The average molecular weight is 336 g/mol. The average Bonchev–Trinajstić information content (AvgIpc) is 3.00. The standard InChI is InChI=1S/C15H14BrNO3/c16-9-5-10(20-8-9)7-17-14-6-13(15(18)19)11-3-1-2-4-12(11)14/h1-5,8,13-14,17H,6-7H2,(H,18,19)/t13-,14+/m1/s1. The van der Waals surface area contributed by atoms with Crippen LogP contribution < -0.4 is 5.32 Å². The summed E-state index contributed by atoms with van der Waals surface area (Å²) in [5.41, 5.74) is 1.99. The lowest BCUT2D eigenvalue weighted by atomic mass is 10.0. The van der Waals surface area contributed by atoms with E-state index in [2.05, 4.69) is 21.2 Å². The zero-order chi connectivity index (χ0) is 14.1. The van der Waals surface area contributed by atoms with Gasteiger partial charge in [-0.15, -0.1) is 0 Å². The minimum absolute atomic E-state index is 0.0520. The summed E-state index contributed by atoms with van der Waals surface area (Å²) in [7, 11) is 0. The number of hydrogen-bond donors (Lipinski definition) is 2. The van der Waals surface area contributed by atoms with Crippen LogP contribution in [-0.4, -0.2) is 11.1 Å². The molecule has 3 rings (SSSR count). The van der Waals surface area contributed by atoms with E-state index in [1.54, 1.807) is 6.26 Å². The fraction of sp³-hybridized carbons (Fsp3) is 0.267. The predicted molar refractivity (Wildman–Crippen MR) is 77.4 cm³/mol. The number of benzene rings is 1. The van der Waals surface area contributed by atoms with Crippen LogP contribution in [0.3, 0.4) is 0 Å². The number of rotatable bonds is 4. The van der Waals surface area contributed by atoms with Gasteiger partial charge >= 0.3 is 5.97 Å². The van der Waals surface area contributed by atoms with E-state index in [0.29, 0.717) is 13.0 Å². The Bertz CT molecular complexity index is 638. The van der Waals surface area contributed by atoms with Crippen molar-refractivity contribution in [1.82, 2.24) is 5.32 Å². The summed E-state index contributed by atoms with van der Waals surface area (Å²) in [6.07, 6.45) is 2.22. The maximum absolute atomic E-state index is 11.3. The van der Waals surface area contributed by atoms with Crippen molar-refractivity contribution in [3.63, 3.8) is 0 Å². The number of carboxylic acid groups (broad SMARTS) is 1. The van der Waals surface area contributed by atoms with E-state index in [-0.39, 0.29) is 6.04 Å². The molecule has 0 spiro atoms. The molecule has 0 saturated carbocycles. The summed E-state index contributed by atoms with van der Waals surface area (Å²) in [4.78, 5) is 11.3. The molecule has 0 aliphatic heterocycles. The first kappa shape index (κ1) is 13.4. The lowest BCUT2D eigenvalue weighted by molar-refractivity contribution is -0.138. The molecule has 5 heteroatoms. The number of carboxylic acids is 1. The Morgan fingerprint density at radius 1 is 1.40 bits per heavy atom. The van der Waals surface area contributed by atoms with Gasteiger partial charge in [-0.25, -0.2) is 0 Å². The van der Waals surface area contributed by atoms with E-state index in [1.807, 2.05) is 30.3 Å². The molecule has 104 valence electrons. The van der Waals surface area contributed by atoms with Gasteiger partial charge in [0.1, 0.15) is 12.0 Å². The molecule has 4 nitrogen and oxygen atoms in total. The van der Waals surface area contributed by atoms with E-state index in [1.165, 1.54) is 0 Å². The van der Waals surface area contributed by atoms with E-state index in [4.69, 9.17) is 4.42 Å². The summed E-state index contributed by atoms with van der Waals surface area (Å²) in [5.74, 6) is -0.359. The minimum atomic E-state index is -0.762. The molecule has 0 amide bonds. The molecule has 2 aromatic rings. The highest BCUT2D eigenvalue weighted by Gasteiger charge is 2.34. The summed E-state index contributed by atoms with van der Waals surface area (Å²) in [6, 6.07) is 9.69. The Morgan fingerprint density at radius 2 is 2.15 bits per heavy atom. The van der Waals surface area contributed by atoms with Crippen LogP contribution in [-0.2, 0) is 11.3 Å². The Labute approximate surface area is 124 Å². The maximum atomic E-state index is 11.3. The van der Waals surface area contributed by atoms with Crippen molar-refractivity contribution in [1.29, 1.82) is 0 Å². The van der Waals surface area contributed by atoms with Crippen LogP contribution in [0.5, 0.6) is 0 Å². The van der Waals surface area contributed by atoms with Gasteiger partial charge in [0, 0.05) is 6.04 Å². The molecule has 0 radical (unpaired) electrons. The summed E-state index contributed by atoms with van der Waals surface area (Å²) in [5, 5.41) is 12.7. The van der Waals surface area contributed by atoms with Crippen LogP contribution in [0.15, 0.2) is 45.5 Å². The summed E-state index contributed by atoms with van der Waals surface area (Å²) < 4.78 is 6.27. The highest BCUT2D eigenvalue weighted by atomic mass is 79.9. The predicted octanol–water partition coefficient (Wildman–Crippen LogP) is 3.44. The molecule has 1 heterocycles. The second kappa shape index (κ2) is 5.42. The number of carbonyl (C=O) groups is 1. The van der Waals surface area contributed by atoms with Gasteiger partial charge < -0.3 is 14.8 Å². The smallest absolute Gasteiger partial charge is 0.311 e. The third kappa shape index (κ3) is 2.51. The molecule has 2 N–H and O–H groups in total. The first-order valence-corrected chi connectivity index (χ1v) is 7.22. The Balaban J connectivity index is 1.76.